The molecule has 0 aromatic rings. The fourth-order valence-corrected chi connectivity index (χ4v) is 0.673. The Balaban J connectivity index is 2.83. The number of nitrogens with one attached hydrogen (secondary N) is 1. The quantitative estimate of drug-likeness (QED) is 0.472. The van der Waals surface area contributed by atoms with Crippen molar-refractivity contribution in [3.05, 3.63) is 0 Å². The third kappa shape index (κ3) is 7.76. The van der Waals surface area contributed by atoms with E-state index in [9.17, 15) is 4.79 Å². The lowest BCUT2D eigenvalue weighted by molar-refractivity contribution is -0.118. The zero-order valence-electron chi connectivity index (χ0n) is 5.61. The number of amides is 1. The number of carbonyl (C=O) groups excluding carboxylic acids is 1. The van der Waals surface area contributed by atoms with Gasteiger partial charge in [-0.15, -0.1) is 11.6 Å². The number of halogens is 1. The summed E-state index contributed by atoms with van der Waals surface area (Å²) in [5.74, 6) is 0.712. The lowest BCUT2D eigenvalue weighted by atomic mass is 10.3. The Bertz CT molecular complexity index is 85.1. The third-order valence-electron chi connectivity index (χ3n) is 0.934. The van der Waals surface area contributed by atoms with Gasteiger partial charge in [-0.1, -0.05) is 0 Å². The molecule has 1 N–H and O–H groups in total. The molecule has 0 aliphatic carbocycles. The van der Waals surface area contributed by atoms with Crippen molar-refractivity contribution >= 4 is 17.5 Å². The Hall–Kier alpha value is -0.240. The molecule has 0 aromatic heterocycles. The second-order valence-corrected chi connectivity index (χ2v) is 2.26. The fourth-order valence-electron chi connectivity index (χ4n) is 0.484. The molecule has 0 saturated heterocycles. The van der Waals surface area contributed by atoms with Crippen LogP contribution in [-0.2, 0) is 4.79 Å². The van der Waals surface area contributed by atoms with Crippen LogP contribution in [0, 0.1) is 0 Å². The van der Waals surface area contributed by atoms with Gasteiger partial charge in [-0.05, 0) is 12.8 Å². The van der Waals surface area contributed by atoms with Gasteiger partial charge in [0.25, 0.3) is 0 Å². The smallest absolute Gasteiger partial charge is 0.216 e. The van der Waals surface area contributed by atoms with Crippen LogP contribution in [0.15, 0.2) is 0 Å². The van der Waals surface area contributed by atoms with Gasteiger partial charge in [0.15, 0.2) is 0 Å². The van der Waals surface area contributed by atoms with Crippen molar-refractivity contribution in [2.24, 2.45) is 0 Å². The average molecular weight is 150 g/mol. The summed E-state index contributed by atoms with van der Waals surface area (Å²) in [6.45, 7) is 2.27. The molecule has 0 rings (SSSR count). The van der Waals surface area contributed by atoms with Crippen molar-refractivity contribution in [1.29, 1.82) is 0 Å². The van der Waals surface area contributed by atoms with E-state index < -0.39 is 0 Å². The molecule has 54 valence electrons. The minimum atomic E-state index is 0.0320. The lowest BCUT2D eigenvalue weighted by Gasteiger charge is -1.97. The van der Waals surface area contributed by atoms with Gasteiger partial charge in [0.05, 0.1) is 0 Å². The molecular formula is C6H12ClNO. The van der Waals surface area contributed by atoms with Crippen LogP contribution in [0.25, 0.3) is 0 Å². The molecule has 0 saturated carbocycles. The lowest BCUT2D eigenvalue weighted by Crippen LogP contribution is -2.20. The van der Waals surface area contributed by atoms with E-state index in [-0.39, 0.29) is 5.91 Å². The van der Waals surface area contributed by atoms with Crippen LogP contribution >= 0.6 is 11.6 Å². The van der Waals surface area contributed by atoms with E-state index in [1.54, 1.807) is 0 Å². The summed E-state index contributed by atoms with van der Waals surface area (Å²) in [6, 6.07) is 0. The largest absolute Gasteiger partial charge is 0.356 e. The topological polar surface area (TPSA) is 29.1 Å². The van der Waals surface area contributed by atoms with Crippen molar-refractivity contribution in [1.82, 2.24) is 5.32 Å². The minimum Gasteiger partial charge on any atom is -0.356 e. The molecule has 0 aromatic carbocycles. The summed E-state index contributed by atoms with van der Waals surface area (Å²) in [5.41, 5.74) is 0. The zero-order valence-corrected chi connectivity index (χ0v) is 6.37. The van der Waals surface area contributed by atoms with Crippen LogP contribution in [-0.4, -0.2) is 18.3 Å². The normalized spacial score (nSPS) is 9.11. The second kappa shape index (κ2) is 5.89. The van der Waals surface area contributed by atoms with Crippen molar-refractivity contribution in [2.45, 2.75) is 19.8 Å². The van der Waals surface area contributed by atoms with Crippen molar-refractivity contribution < 1.29 is 4.79 Å². The maximum absolute atomic E-state index is 10.3. The molecule has 0 radical (unpaired) electrons. The Morgan fingerprint density at radius 2 is 2.22 bits per heavy atom. The highest BCUT2D eigenvalue weighted by atomic mass is 35.5. The third-order valence-corrected chi connectivity index (χ3v) is 1.20. The van der Waals surface area contributed by atoms with E-state index in [4.69, 9.17) is 11.6 Å². The summed E-state index contributed by atoms with van der Waals surface area (Å²) < 4.78 is 0. The monoisotopic (exact) mass is 149 g/mol. The minimum absolute atomic E-state index is 0.0320. The molecule has 0 spiro atoms. The maximum atomic E-state index is 10.3. The maximum Gasteiger partial charge on any atom is 0.216 e. The number of hydrogen-bond acceptors (Lipinski definition) is 1. The van der Waals surface area contributed by atoms with Gasteiger partial charge >= 0.3 is 0 Å². The highest BCUT2D eigenvalue weighted by Crippen LogP contribution is 1.88. The predicted octanol–water partition coefficient (Wildman–Crippen LogP) is 1.14. The van der Waals surface area contributed by atoms with Gasteiger partial charge < -0.3 is 5.32 Å². The number of hydrogen-bond donors (Lipinski definition) is 1. The summed E-state index contributed by atoms with van der Waals surface area (Å²) in [6.07, 6.45) is 1.95. The standard InChI is InChI=1S/C6H12ClNO/c1-6(9)8-5-3-2-4-7/h2-5H2,1H3,(H,8,9). The molecule has 0 aliphatic rings. The summed E-state index contributed by atoms with van der Waals surface area (Å²) >= 11 is 5.40. The van der Waals surface area contributed by atoms with Crippen molar-refractivity contribution in [3.8, 4) is 0 Å². The summed E-state index contributed by atoms with van der Waals surface area (Å²) in [5, 5.41) is 2.68. The number of unbranched alkanes of at least 4 members (excludes halogenated alkanes) is 1. The van der Waals surface area contributed by atoms with Gasteiger partial charge in [0.2, 0.25) is 5.91 Å². The second-order valence-electron chi connectivity index (χ2n) is 1.88. The number of carbonyl (C=O) groups is 1. The molecule has 0 bridgehead atoms. The van der Waals surface area contributed by atoms with E-state index in [1.165, 1.54) is 6.92 Å². The van der Waals surface area contributed by atoms with Crippen LogP contribution < -0.4 is 5.32 Å². The molecule has 2 nitrogen and oxygen atoms in total. The molecule has 3 heteroatoms. The SMILES string of the molecule is CC(=O)NCCCCCl. The molecule has 0 heterocycles. The average Bonchev–Trinajstić information content (AvgIpc) is 1.80. The first-order chi connectivity index (χ1) is 4.27. The van der Waals surface area contributed by atoms with Gasteiger partial charge in [0, 0.05) is 19.3 Å². The Kier molecular flexibility index (Phi) is 5.73. The molecule has 1 amide bonds. The molecule has 0 fully saturated rings. The molecule has 0 unspecified atom stereocenters. The first kappa shape index (κ1) is 8.76. The molecule has 9 heavy (non-hydrogen) atoms. The van der Waals surface area contributed by atoms with Gasteiger partial charge in [-0.25, -0.2) is 0 Å². The van der Waals surface area contributed by atoms with E-state index in [2.05, 4.69) is 5.32 Å². The predicted molar refractivity (Wildman–Crippen MR) is 38.6 cm³/mol. The van der Waals surface area contributed by atoms with Crippen LogP contribution in [0.2, 0.25) is 0 Å². The van der Waals surface area contributed by atoms with Gasteiger partial charge in [0.1, 0.15) is 0 Å². The van der Waals surface area contributed by atoms with E-state index in [1.807, 2.05) is 0 Å². The van der Waals surface area contributed by atoms with E-state index >= 15 is 0 Å². The highest BCUT2D eigenvalue weighted by Gasteiger charge is 1.88. The van der Waals surface area contributed by atoms with Crippen molar-refractivity contribution in [2.75, 3.05) is 12.4 Å². The van der Waals surface area contributed by atoms with Gasteiger partial charge in [-0.2, -0.15) is 0 Å². The molecular weight excluding hydrogens is 138 g/mol. The van der Waals surface area contributed by atoms with Crippen molar-refractivity contribution in [3.63, 3.8) is 0 Å². The van der Waals surface area contributed by atoms with Crippen LogP contribution in [0.5, 0.6) is 0 Å². The van der Waals surface area contributed by atoms with Gasteiger partial charge in [-0.3, -0.25) is 4.79 Å². The first-order valence-electron chi connectivity index (χ1n) is 3.07. The molecule has 0 atom stereocenters. The zero-order chi connectivity index (χ0) is 7.11. The summed E-state index contributed by atoms with van der Waals surface area (Å²) in [7, 11) is 0. The number of alkyl halides is 1. The number of rotatable bonds is 4. The van der Waals surface area contributed by atoms with Crippen LogP contribution in [0.4, 0.5) is 0 Å². The first-order valence-corrected chi connectivity index (χ1v) is 3.61. The summed E-state index contributed by atoms with van der Waals surface area (Å²) in [4.78, 5) is 10.3. The van der Waals surface area contributed by atoms with Crippen LogP contribution in [0.1, 0.15) is 19.8 Å². The Morgan fingerprint density at radius 3 is 2.67 bits per heavy atom. The Labute approximate surface area is 60.6 Å². The van der Waals surface area contributed by atoms with Crippen LogP contribution in [0.3, 0.4) is 0 Å². The highest BCUT2D eigenvalue weighted by molar-refractivity contribution is 6.17. The Morgan fingerprint density at radius 1 is 1.56 bits per heavy atom. The van der Waals surface area contributed by atoms with E-state index in [0.717, 1.165) is 19.4 Å². The van der Waals surface area contributed by atoms with E-state index in [0.29, 0.717) is 5.88 Å². The fraction of sp³-hybridized carbons (Fsp3) is 0.833. The molecule has 0 aliphatic heterocycles.